The largest absolute Gasteiger partial charge is 0.393 e. The van der Waals surface area contributed by atoms with Gasteiger partial charge in [-0.15, -0.1) is 0 Å². The van der Waals surface area contributed by atoms with Crippen molar-refractivity contribution in [1.29, 1.82) is 0 Å². The average Bonchev–Trinajstić information content (AvgIpc) is 2.72. The Bertz CT molecular complexity index is 190. The molecule has 1 N–H and O–H groups in total. The molecule has 0 saturated heterocycles. The van der Waals surface area contributed by atoms with Crippen LogP contribution in [0.25, 0.3) is 0 Å². The van der Waals surface area contributed by atoms with Crippen molar-refractivity contribution in [2.24, 2.45) is 5.92 Å². The van der Waals surface area contributed by atoms with Crippen LogP contribution in [0.3, 0.4) is 0 Å². The van der Waals surface area contributed by atoms with Crippen molar-refractivity contribution in [3.05, 3.63) is 0 Å². The topological polar surface area (TPSA) is 41.9 Å². The van der Waals surface area contributed by atoms with Crippen LogP contribution in [0.15, 0.2) is 0 Å². The third-order valence-corrected chi connectivity index (χ3v) is 3.55. The molecule has 0 aromatic carbocycles. The van der Waals surface area contributed by atoms with Gasteiger partial charge >= 0.3 is 0 Å². The summed E-state index contributed by atoms with van der Waals surface area (Å²) in [6.07, 6.45) is 4.25. The van der Waals surface area contributed by atoms with Gasteiger partial charge in [-0.05, 0) is 25.2 Å². The number of aliphatic hydroxyl groups excluding tert-OH is 1. The number of aliphatic hydroxyl groups is 1. The molecule has 0 aliphatic heterocycles. The lowest BCUT2D eigenvalue weighted by Gasteiger charge is -2.26. The summed E-state index contributed by atoms with van der Waals surface area (Å²) >= 11 is 0. The zero-order valence-corrected chi connectivity index (χ0v) is 11.2. The standard InChI is InChI=1S/C13H27NO3/c1-16-9-4-7-14(8-10-17-2)11-12-5-3-6-13(12)15/h12-13,15H,3-11H2,1-2H3. The van der Waals surface area contributed by atoms with Gasteiger partial charge in [0.25, 0.3) is 0 Å². The van der Waals surface area contributed by atoms with E-state index in [9.17, 15) is 5.11 Å². The molecule has 1 fully saturated rings. The summed E-state index contributed by atoms with van der Waals surface area (Å²) in [5, 5.41) is 9.85. The fraction of sp³-hybridized carbons (Fsp3) is 1.00. The van der Waals surface area contributed by atoms with Crippen LogP contribution in [-0.2, 0) is 9.47 Å². The molecule has 2 atom stereocenters. The zero-order chi connectivity index (χ0) is 12.5. The molecule has 1 saturated carbocycles. The van der Waals surface area contributed by atoms with Gasteiger partial charge in [-0.2, -0.15) is 0 Å². The van der Waals surface area contributed by atoms with Gasteiger partial charge in [0, 0.05) is 40.5 Å². The second kappa shape index (κ2) is 8.86. The monoisotopic (exact) mass is 245 g/mol. The Morgan fingerprint density at radius 2 is 1.88 bits per heavy atom. The van der Waals surface area contributed by atoms with Gasteiger partial charge in [0.1, 0.15) is 0 Å². The lowest BCUT2D eigenvalue weighted by molar-refractivity contribution is 0.0813. The van der Waals surface area contributed by atoms with Crippen LogP contribution in [0, 0.1) is 5.92 Å². The second-order valence-electron chi connectivity index (χ2n) is 4.90. The summed E-state index contributed by atoms with van der Waals surface area (Å²) in [6.45, 7) is 4.53. The number of hydrogen-bond donors (Lipinski definition) is 1. The van der Waals surface area contributed by atoms with E-state index < -0.39 is 0 Å². The van der Waals surface area contributed by atoms with Gasteiger partial charge in [0.2, 0.25) is 0 Å². The second-order valence-corrected chi connectivity index (χ2v) is 4.90. The fourth-order valence-corrected chi connectivity index (χ4v) is 2.51. The van der Waals surface area contributed by atoms with Crippen LogP contribution in [0.2, 0.25) is 0 Å². The smallest absolute Gasteiger partial charge is 0.0589 e. The molecule has 4 heteroatoms. The molecule has 2 unspecified atom stereocenters. The Labute approximate surface area is 105 Å². The van der Waals surface area contributed by atoms with E-state index in [0.717, 1.165) is 52.1 Å². The van der Waals surface area contributed by atoms with Crippen LogP contribution in [0.4, 0.5) is 0 Å². The van der Waals surface area contributed by atoms with Gasteiger partial charge in [-0.25, -0.2) is 0 Å². The molecule has 0 heterocycles. The Balaban J connectivity index is 2.27. The number of methoxy groups -OCH3 is 2. The van der Waals surface area contributed by atoms with E-state index in [2.05, 4.69) is 4.90 Å². The fourth-order valence-electron chi connectivity index (χ4n) is 2.51. The molecule has 0 bridgehead atoms. The Morgan fingerprint density at radius 3 is 2.47 bits per heavy atom. The Morgan fingerprint density at radius 1 is 1.12 bits per heavy atom. The van der Waals surface area contributed by atoms with Crippen LogP contribution in [0.5, 0.6) is 0 Å². The van der Waals surface area contributed by atoms with Crippen molar-refractivity contribution in [2.45, 2.75) is 31.8 Å². The van der Waals surface area contributed by atoms with E-state index in [1.165, 1.54) is 6.42 Å². The van der Waals surface area contributed by atoms with Crippen LogP contribution in [0.1, 0.15) is 25.7 Å². The van der Waals surface area contributed by atoms with Gasteiger partial charge in [0.05, 0.1) is 12.7 Å². The van der Waals surface area contributed by atoms with Crippen molar-refractivity contribution < 1.29 is 14.6 Å². The maximum absolute atomic E-state index is 9.85. The molecule has 1 rings (SSSR count). The maximum atomic E-state index is 9.85. The molecular weight excluding hydrogens is 218 g/mol. The molecule has 4 nitrogen and oxygen atoms in total. The van der Waals surface area contributed by atoms with Crippen molar-refractivity contribution in [1.82, 2.24) is 4.90 Å². The predicted molar refractivity (Wildman–Crippen MR) is 68.2 cm³/mol. The van der Waals surface area contributed by atoms with Crippen molar-refractivity contribution in [3.8, 4) is 0 Å². The first-order chi connectivity index (χ1) is 8.27. The van der Waals surface area contributed by atoms with Gasteiger partial charge in [-0.3, -0.25) is 0 Å². The maximum Gasteiger partial charge on any atom is 0.0589 e. The van der Waals surface area contributed by atoms with E-state index in [-0.39, 0.29) is 6.10 Å². The predicted octanol–water partition coefficient (Wildman–Crippen LogP) is 1.13. The minimum absolute atomic E-state index is 0.0949. The zero-order valence-electron chi connectivity index (χ0n) is 11.2. The normalized spacial score (nSPS) is 24.7. The third-order valence-electron chi connectivity index (χ3n) is 3.55. The molecule has 0 aromatic heterocycles. The number of ether oxygens (including phenoxy) is 2. The van der Waals surface area contributed by atoms with E-state index in [1.807, 2.05) is 0 Å². The minimum Gasteiger partial charge on any atom is -0.393 e. The van der Waals surface area contributed by atoms with E-state index in [1.54, 1.807) is 14.2 Å². The number of rotatable bonds is 9. The lowest BCUT2D eigenvalue weighted by Crippen LogP contribution is -2.36. The third kappa shape index (κ3) is 5.82. The lowest BCUT2D eigenvalue weighted by atomic mass is 10.1. The van der Waals surface area contributed by atoms with E-state index in [4.69, 9.17) is 9.47 Å². The average molecular weight is 245 g/mol. The van der Waals surface area contributed by atoms with E-state index in [0.29, 0.717) is 5.92 Å². The molecule has 0 radical (unpaired) electrons. The molecule has 17 heavy (non-hydrogen) atoms. The van der Waals surface area contributed by atoms with Crippen LogP contribution < -0.4 is 0 Å². The molecular formula is C13H27NO3. The van der Waals surface area contributed by atoms with Gasteiger partial charge in [-0.1, -0.05) is 6.42 Å². The Hall–Kier alpha value is -0.160. The highest BCUT2D eigenvalue weighted by Gasteiger charge is 2.26. The Kier molecular flexibility index (Phi) is 7.77. The molecule has 0 spiro atoms. The summed E-state index contributed by atoms with van der Waals surface area (Å²) in [6, 6.07) is 0. The highest BCUT2D eigenvalue weighted by atomic mass is 16.5. The molecule has 0 aromatic rings. The molecule has 1 aliphatic carbocycles. The molecule has 0 amide bonds. The molecule has 102 valence electrons. The quantitative estimate of drug-likeness (QED) is 0.618. The van der Waals surface area contributed by atoms with Crippen LogP contribution in [-0.4, -0.2) is 63.2 Å². The summed E-state index contributed by atoms with van der Waals surface area (Å²) in [5.74, 6) is 0.453. The first kappa shape index (κ1) is 14.9. The summed E-state index contributed by atoms with van der Waals surface area (Å²) in [5.41, 5.74) is 0. The highest BCUT2D eigenvalue weighted by molar-refractivity contribution is 4.79. The SMILES string of the molecule is COCCCN(CCOC)CC1CCCC1O. The van der Waals surface area contributed by atoms with Crippen molar-refractivity contribution in [2.75, 3.05) is 47.1 Å². The summed E-state index contributed by atoms with van der Waals surface area (Å²) < 4.78 is 10.2. The van der Waals surface area contributed by atoms with Gasteiger partial charge < -0.3 is 19.5 Å². The first-order valence-electron chi connectivity index (χ1n) is 6.66. The summed E-state index contributed by atoms with van der Waals surface area (Å²) in [7, 11) is 3.47. The highest BCUT2D eigenvalue weighted by Crippen LogP contribution is 2.26. The minimum atomic E-state index is -0.0949. The first-order valence-corrected chi connectivity index (χ1v) is 6.66. The number of hydrogen-bond acceptors (Lipinski definition) is 4. The van der Waals surface area contributed by atoms with Gasteiger partial charge in [0.15, 0.2) is 0 Å². The van der Waals surface area contributed by atoms with Crippen LogP contribution >= 0.6 is 0 Å². The van der Waals surface area contributed by atoms with Crippen molar-refractivity contribution in [3.63, 3.8) is 0 Å². The van der Waals surface area contributed by atoms with E-state index >= 15 is 0 Å². The molecule has 1 aliphatic rings. The van der Waals surface area contributed by atoms with Crippen molar-refractivity contribution >= 4 is 0 Å². The summed E-state index contributed by atoms with van der Waals surface area (Å²) in [4.78, 5) is 2.39. The number of nitrogens with zero attached hydrogens (tertiary/aromatic N) is 1.